The van der Waals surface area contributed by atoms with E-state index in [9.17, 15) is 14.0 Å². The van der Waals surface area contributed by atoms with Crippen LogP contribution in [0.3, 0.4) is 0 Å². The molecule has 2 aliphatic rings. The van der Waals surface area contributed by atoms with Crippen LogP contribution in [0.1, 0.15) is 47.2 Å². The molecule has 0 radical (unpaired) electrons. The van der Waals surface area contributed by atoms with Gasteiger partial charge in [0.2, 0.25) is 0 Å². The molecule has 4 nitrogen and oxygen atoms in total. The van der Waals surface area contributed by atoms with Crippen molar-refractivity contribution in [2.75, 3.05) is 7.11 Å². The molecule has 1 N–H and O–H groups in total. The third kappa shape index (κ3) is 2.85. The monoisotopic (exact) mass is 305 g/mol. The van der Waals surface area contributed by atoms with Crippen molar-refractivity contribution in [2.24, 2.45) is 11.8 Å². The molecule has 22 heavy (non-hydrogen) atoms. The van der Waals surface area contributed by atoms with Gasteiger partial charge in [0.25, 0.3) is 5.91 Å². The van der Waals surface area contributed by atoms with E-state index in [0.717, 1.165) is 37.7 Å². The Hall–Kier alpha value is -1.91. The number of hydrogen-bond donors (Lipinski definition) is 1. The number of nitrogens with one attached hydrogen (secondary N) is 1. The number of benzene rings is 1. The summed E-state index contributed by atoms with van der Waals surface area (Å²) in [6, 6.07) is 3.36. The Morgan fingerprint density at radius 1 is 1.32 bits per heavy atom. The highest BCUT2D eigenvalue weighted by Crippen LogP contribution is 2.32. The minimum Gasteiger partial charge on any atom is -0.469 e. The zero-order valence-electron chi connectivity index (χ0n) is 12.7. The van der Waals surface area contributed by atoms with E-state index in [2.05, 4.69) is 5.32 Å². The molecule has 118 valence electrons. The SMILES string of the molecule is COC(=O)[C@H]1CC[C@H](Cc2cc(F)c3c(c2)C(=O)NC3)CC1. The summed E-state index contributed by atoms with van der Waals surface area (Å²) < 4.78 is 18.8. The first kappa shape index (κ1) is 15.0. The quantitative estimate of drug-likeness (QED) is 0.873. The van der Waals surface area contributed by atoms with Crippen molar-refractivity contribution >= 4 is 11.9 Å². The first-order valence-electron chi connectivity index (χ1n) is 7.75. The van der Waals surface area contributed by atoms with Gasteiger partial charge in [0.05, 0.1) is 13.0 Å². The molecule has 1 heterocycles. The first-order chi connectivity index (χ1) is 10.6. The molecule has 0 aromatic heterocycles. The Morgan fingerprint density at radius 2 is 2.05 bits per heavy atom. The van der Waals surface area contributed by atoms with E-state index in [1.807, 2.05) is 6.07 Å². The lowest BCUT2D eigenvalue weighted by molar-refractivity contribution is -0.146. The Morgan fingerprint density at radius 3 is 2.73 bits per heavy atom. The van der Waals surface area contributed by atoms with Crippen LogP contribution in [0.2, 0.25) is 0 Å². The van der Waals surface area contributed by atoms with Gasteiger partial charge in [0.1, 0.15) is 5.82 Å². The van der Waals surface area contributed by atoms with Crippen LogP contribution < -0.4 is 5.32 Å². The molecular weight excluding hydrogens is 285 g/mol. The van der Waals surface area contributed by atoms with E-state index in [-0.39, 0.29) is 30.2 Å². The minimum atomic E-state index is -0.297. The minimum absolute atomic E-state index is 0.00350. The van der Waals surface area contributed by atoms with Gasteiger partial charge >= 0.3 is 5.97 Å². The molecule has 1 amide bonds. The average Bonchev–Trinajstić information content (AvgIpc) is 2.89. The van der Waals surface area contributed by atoms with E-state index in [4.69, 9.17) is 4.74 Å². The number of methoxy groups -OCH3 is 1. The molecule has 1 aromatic rings. The van der Waals surface area contributed by atoms with Gasteiger partial charge in [-0.3, -0.25) is 9.59 Å². The van der Waals surface area contributed by atoms with Crippen molar-refractivity contribution in [1.29, 1.82) is 0 Å². The van der Waals surface area contributed by atoms with Crippen LogP contribution in [0.5, 0.6) is 0 Å². The van der Waals surface area contributed by atoms with Crippen LogP contribution in [0, 0.1) is 17.7 Å². The zero-order chi connectivity index (χ0) is 15.7. The van der Waals surface area contributed by atoms with Crippen LogP contribution >= 0.6 is 0 Å². The third-order valence-electron chi connectivity index (χ3n) is 4.83. The van der Waals surface area contributed by atoms with Gasteiger partial charge in [0, 0.05) is 17.7 Å². The summed E-state index contributed by atoms with van der Waals surface area (Å²) in [5.41, 5.74) is 1.82. The maximum atomic E-state index is 14.0. The van der Waals surface area contributed by atoms with Gasteiger partial charge in [-0.1, -0.05) is 0 Å². The second kappa shape index (κ2) is 6.07. The van der Waals surface area contributed by atoms with Gasteiger partial charge < -0.3 is 10.1 Å². The van der Waals surface area contributed by atoms with Crippen LogP contribution in [0.15, 0.2) is 12.1 Å². The molecule has 1 saturated carbocycles. The summed E-state index contributed by atoms with van der Waals surface area (Å²) in [4.78, 5) is 23.2. The zero-order valence-corrected chi connectivity index (χ0v) is 12.7. The highest BCUT2D eigenvalue weighted by Gasteiger charge is 2.28. The van der Waals surface area contributed by atoms with E-state index in [0.29, 0.717) is 17.0 Å². The number of ether oxygens (including phenoxy) is 1. The maximum absolute atomic E-state index is 14.0. The van der Waals surface area contributed by atoms with E-state index in [1.165, 1.54) is 7.11 Å². The smallest absolute Gasteiger partial charge is 0.308 e. The molecule has 0 unspecified atom stereocenters. The van der Waals surface area contributed by atoms with Gasteiger partial charge in [-0.2, -0.15) is 0 Å². The fourth-order valence-electron chi connectivity index (χ4n) is 3.56. The van der Waals surface area contributed by atoms with Crippen molar-refractivity contribution in [3.05, 3.63) is 34.6 Å². The van der Waals surface area contributed by atoms with Gasteiger partial charge in [0.15, 0.2) is 0 Å². The lowest BCUT2D eigenvalue weighted by Crippen LogP contribution is -2.23. The standard InChI is InChI=1S/C17H20FNO3/c1-22-17(21)12-4-2-10(3-5-12)6-11-7-13-14(15(18)8-11)9-19-16(13)20/h7-8,10,12H,2-6,9H2,1H3,(H,19,20)/t10-,12-. The normalized spacial score (nSPS) is 23.8. The van der Waals surface area contributed by atoms with E-state index >= 15 is 0 Å². The Kier molecular flexibility index (Phi) is 4.14. The topological polar surface area (TPSA) is 55.4 Å². The molecule has 0 atom stereocenters. The van der Waals surface area contributed by atoms with Gasteiger partial charge in [-0.25, -0.2) is 4.39 Å². The first-order valence-corrected chi connectivity index (χ1v) is 7.75. The van der Waals surface area contributed by atoms with E-state index < -0.39 is 0 Å². The largest absolute Gasteiger partial charge is 0.469 e. The highest BCUT2D eigenvalue weighted by atomic mass is 19.1. The summed E-state index contributed by atoms with van der Waals surface area (Å²) in [7, 11) is 1.42. The Bertz CT molecular complexity index is 606. The second-order valence-electron chi connectivity index (χ2n) is 6.23. The molecule has 3 rings (SSSR count). The fraction of sp³-hybridized carbons (Fsp3) is 0.529. The van der Waals surface area contributed by atoms with Crippen LogP contribution in [-0.2, 0) is 22.5 Å². The number of carbonyl (C=O) groups is 2. The Balaban J connectivity index is 1.65. The Labute approximate surface area is 129 Å². The number of carbonyl (C=O) groups excluding carboxylic acids is 2. The summed E-state index contributed by atoms with van der Waals surface area (Å²) in [5, 5.41) is 2.65. The molecule has 1 aliphatic heterocycles. The summed E-state index contributed by atoms with van der Waals surface area (Å²) in [6.07, 6.45) is 4.28. The number of halogens is 1. The van der Waals surface area contributed by atoms with Crippen molar-refractivity contribution in [3.63, 3.8) is 0 Å². The number of rotatable bonds is 3. The number of fused-ring (bicyclic) bond motifs is 1. The molecule has 0 saturated heterocycles. The average molecular weight is 305 g/mol. The molecule has 1 aromatic carbocycles. The van der Waals surface area contributed by atoms with Crippen LogP contribution in [-0.4, -0.2) is 19.0 Å². The molecular formula is C17H20FNO3. The predicted molar refractivity (Wildman–Crippen MR) is 78.7 cm³/mol. The summed E-state index contributed by atoms with van der Waals surface area (Å²) in [5.74, 6) is -0.176. The van der Waals surface area contributed by atoms with Crippen molar-refractivity contribution in [1.82, 2.24) is 5.32 Å². The van der Waals surface area contributed by atoms with E-state index in [1.54, 1.807) is 6.07 Å². The summed E-state index contributed by atoms with van der Waals surface area (Å²) >= 11 is 0. The molecule has 0 spiro atoms. The molecule has 5 heteroatoms. The van der Waals surface area contributed by atoms with Crippen molar-refractivity contribution in [2.45, 2.75) is 38.6 Å². The van der Waals surface area contributed by atoms with Crippen LogP contribution in [0.4, 0.5) is 4.39 Å². The molecule has 1 fully saturated rings. The lowest BCUT2D eigenvalue weighted by Gasteiger charge is -2.27. The third-order valence-corrected chi connectivity index (χ3v) is 4.83. The highest BCUT2D eigenvalue weighted by molar-refractivity contribution is 5.98. The maximum Gasteiger partial charge on any atom is 0.308 e. The van der Waals surface area contributed by atoms with Crippen LogP contribution in [0.25, 0.3) is 0 Å². The second-order valence-corrected chi connectivity index (χ2v) is 6.23. The van der Waals surface area contributed by atoms with Crippen molar-refractivity contribution < 1.29 is 18.7 Å². The van der Waals surface area contributed by atoms with Crippen molar-refractivity contribution in [3.8, 4) is 0 Å². The molecule has 1 aliphatic carbocycles. The number of amides is 1. The van der Waals surface area contributed by atoms with Gasteiger partial charge in [-0.15, -0.1) is 0 Å². The lowest BCUT2D eigenvalue weighted by atomic mass is 9.79. The number of esters is 1. The predicted octanol–water partition coefficient (Wildman–Crippen LogP) is 2.59. The van der Waals surface area contributed by atoms with Gasteiger partial charge in [-0.05, 0) is 55.7 Å². The fourth-order valence-corrected chi connectivity index (χ4v) is 3.56. The molecule has 0 bridgehead atoms. The number of hydrogen-bond acceptors (Lipinski definition) is 3. The summed E-state index contributed by atoms with van der Waals surface area (Å²) in [6.45, 7) is 0.282.